The van der Waals surface area contributed by atoms with E-state index in [2.05, 4.69) is 4.98 Å². The second-order valence-electron chi connectivity index (χ2n) is 3.03. The summed E-state index contributed by atoms with van der Waals surface area (Å²) in [5.74, 6) is 0. The third-order valence-electron chi connectivity index (χ3n) is 2.18. The van der Waals surface area contributed by atoms with E-state index < -0.39 is 0 Å². The van der Waals surface area contributed by atoms with E-state index >= 15 is 0 Å². The Labute approximate surface area is 81.1 Å². The number of nitro groups is 1. The molecule has 4 nitrogen and oxygen atoms in total. The lowest BCUT2D eigenvalue weighted by Gasteiger charge is -2.00. The average molecular weight is 186 g/mol. The highest BCUT2D eigenvalue weighted by molar-refractivity contribution is 6.37. The number of rotatable bonds is 1. The van der Waals surface area contributed by atoms with Crippen LogP contribution in [0.1, 0.15) is 0 Å². The Bertz CT molecular complexity index is 513. The fraction of sp³-hybridized carbons (Fsp3) is 0. The zero-order chi connectivity index (χ0) is 10.1. The van der Waals surface area contributed by atoms with Crippen molar-refractivity contribution in [3.8, 4) is 0 Å². The SMILES string of the molecule is Bc1nccc2c([N+](=O)[O-])cccc12. The van der Waals surface area contributed by atoms with E-state index in [1.807, 2.05) is 13.9 Å². The van der Waals surface area contributed by atoms with Crippen LogP contribution in [0.5, 0.6) is 0 Å². The fourth-order valence-electron chi connectivity index (χ4n) is 1.50. The molecule has 0 saturated heterocycles. The van der Waals surface area contributed by atoms with Crippen molar-refractivity contribution in [2.45, 2.75) is 0 Å². The number of nitrogens with zero attached hydrogens (tertiary/aromatic N) is 2. The number of hydrogen-bond acceptors (Lipinski definition) is 3. The van der Waals surface area contributed by atoms with Gasteiger partial charge in [0.15, 0.2) is 7.85 Å². The van der Waals surface area contributed by atoms with Gasteiger partial charge < -0.3 is 0 Å². The van der Waals surface area contributed by atoms with Gasteiger partial charge in [0.05, 0.1) is 10.3 Å². The van der Waals surface area contributed by atoms with Gasteiger partial charge in [0.25, 0.3) is 5.69 Å². The Hall–Kier alpha value is -1.91. The minimum atomic E-state index is -0.373. The summed E-state index contributed by atoms with van der Waals surface area (Å²) in [6.07, 6.45) is 1.59. The molecule has 0 amide bonds. The molecule has 0 atom stereocenters. The van der Waals surface area contributed by atoms with Crippen LogP contribution < -0.4 is 5.59 Å². The van der Waals surface area contributed by atoms with Crippen LogP contribution >= 0.6 is 0 Å². The molecule has 0 radical (unpaired) electrons. The van der Waals surface area contributed by atoms with Gasteiger partial charge >= 0.3 is 0 Å². The number of fused-ring (bicyclic) bond motifs is 1. The van der Waals surface area contributed by atoms with E-state index in [4.69, 9.17) is 0 Å². The summed E-state index contributed by atoms with van der Waals surface area (Å²) in [7, 11) is 1.84. The lowest BCUT2D eigenvalue weighted by Crippen LogP contribution is -2.08. The molecule has 0 aliphatic carbocycles. The first-order valence-corrected chi connectivity index (χ1v) is 4.19. The maximum Gasteiger partial charge on any atom is 0.277 e. The van der Waals surface area contributed by atoms with Crippen LogP contribution in [0.4, 0.5) is 5.69 Å². The minimum Gasteiger partial charge on any atom is -0.271 e. The van der Waals surface area contributed by atoms with E-state index in [1.165, 1.54) is 6.07 Å². The Morgan fingerprint density at radius 1 is 1.29 bits per heavy atom. The van der Waals surface area contributed by atoms with Crippen molar-refractivity contribution < 1.29 is 4.92 Å². The highest BCUT2D eigenvalue weighted by Crippen LogP contribution is 2.22. The molecule has 0 aliphatic heterocycles. The number of nitro benzene ring substituents is 1. The van der Waals surface area contributed by atoms with Crippen molar-refractivity contribution in [3.05, 3.63) is 40.6 Å². The standard InChI is InChI=1S/C9H7BN2O2/c10-9-7-2-1-3-8(12(13)14)6(7)4-5-11-9/h1-5H,10H2. The van der Waals surface area contributed by atoms with Crippen molar-refractivity contribution in [1.29, 1.82) is 0 Å². The second kappa shape index (κ2) is 3.10. The number of hydrogen-bond donors (Lipinski definition) is 0. The van der Waals surface area contributed by atoms with Gasteiger partial charge in [0.1, 0.15) is 0 Å². The van der Waals surface area contributed by atoms with Gasteiger partial charge in [-0.05, 0) is 11.5 Å². The zero-order valence-electron chi connectivity index (χ0n) is 7.60. The summed E-state index contributed by atoms with van der Waals surface area (Å²) in [5.41, 5.74) is 0.944. The van der Waals surface area contributed by atoms with Crippen molar-refractivity contribution >= 4 is 29.9 Å². The van der Waals surface area contributed by atoms with Crippen LogP contribution in [-0.2, 0) is 0 Å². The Balaban J connectivity index is 2.88. The highest BCUT2D eigenvalue weighted by Gasteiger charge is 2.11. The molecule has 14 heavy (non-hydrogen) atoms. The molecule has 2 aromatic rings. The fourth-order valence-corrected chi connectivity index (χ4v) is 1.50. The van der Waals surface area contributed by atoms with Crippen LogP contribution in [0.15, 0.2) is 30.5 Å². The second-order valence-corrected chi connectivity index (χ2v) is 3.03. The summed E-state index contributed by atoms with van der Waals surface area (Å²) in [6, 6.07) is 6.68. The summed E-state index contributed by atoms with van der Waals surface area (Å²) in [6.45, 7) is 0. The van der Waals surface area contributed by atoms with E-state index in [0.717, 1.165) is 11.0 Å². The van der Waals surface area contributed by atoms with Crippen LogP contribution in [0, 0.1) is 10.1 Å². The van der Waals surface area contributed by atoms with Gasteiger partial charge in [0, 0.05) is 17.9 Å². The lowest BCUT2D eigenvalue weighted by atomic mass is 9.96. The molecule has 1 aromatic carbocycles. The van der Waals surface area contributed by atoms with Gasteiger partial charge in [0.2, 0.25) is 0 Å². The molecule has 0 bridgehead atoms. The summed E-state index contributed by atoms with van der Waals surface area (Å²) >= 11 is 0. The van der Waals surface area contributed by atoms with Crippen molar-refractivity contribution in [2.24, 2.45) is 0 Å². The molecule has 0 saturated carbocycles. The Morgan fingerprint density at radius 2 is 2.07 bits per heavy atom. The maximum absolute atomic E-state index is 10.7. The molecule has 1 aromatic heterocycles. The molecular formula is C9H7BN2O2. The molecular weight excluding hydrogens is 179 g/mol. The zero-order valence-corrected chi connectivity index (χ0v) is 7.60. The van der Waals surface area contributed by atoms with Crippen LogP contribution in [0.25, 0.3) is 10.8 Å². The van der Waals surface area contributed by atoms with Crippen LogP contribution in [-0.4, -0.2) is 17.8 Å². The maximum atomic E-state index is 10.7. The normalized spacial score (nSPS) is 10.3. The number of non-ortho nitro benzene ring substituents is 1. The van der Waals surface area contributed by atoms with Crippen LogP contribution in [0.3, 0.4) is 0 Å². The third kappa shape index (κ3) is 1.23. The first-order chi connectivity index (χ1) is 6.70. The monoisotopic (exact) mass is 186 g/mol. The van der Waals surface area contributed by atoms with E-state index in [1.54, 1.807) is 18.3 Å². The lowest BCUT2D eigenvalue weighted by molar-refractivity contribution is -0.383. The van der Waals surface area contributed by atoms with Gasteiger partial charge in [-0.3, -0.25) is 15.1 Å². The molecule has 0 spiro atoms. The van der Waals surface area contributed by atoms with Crippen molar-refractivity contribution in [1.82, 2.24) is 4.98 Å². The van der Waals surface area contributed by atoms with Gasteiger partial charge in [-0.25, -0.2) is 0 Å². The predicted octanol–water partition coefficient (Wildman–Crippen LogP) is 0.401. The molecule has 2 rings (SSSR count). The molecule has 5 heteroatoms. The quantitative estimate of drug-likeness (QED) is 0.368. The molecule has 0 unspecified atom stereocenters. The molecule has 0 N–H and O–H groups in total. The number of benzene rings is 1. The van der Waals surface area contributed by atoms with E-state index in [0.29, 0.717) is 5.39 Å². The molecule has 1 heterocycles. The first kappa shape index (κ1) is 8.68. The van der Waals surface area contributed by atoms with E-state index in [-0.39, 0.29) is 10.6 Å². The molecule has 0 fully saturated rings. The summed E-state index contributed by atoms with van der Waals surface area (Å²) < 4.78 is 0. The predicted molar refractivity (Wildman–Crippen MR) is 56.6 cm³/mol. The Kier molecular flexibility index (Phi) is 1.92. The topological polar surface area (TPSA) is 56.0 Å². The van der Waals surface area contributed by atoms with Crippen LogP contribution in [0.2, 0.25) is 0 Å². The largest absolute Gasteiger partial charge is 0.277 e. The average Bonchev–Trinajstić information content (AvgIpc) is 2.17. The molecule has 0 aliphatic rings. The van der Waals surface area contributed by atoms with Gasteiger partial charge in [-0.1, -0.05) is 12.1 Å². The summed E-state index contributed by atoms with van der Waals surface area (Å²) in [4.78, 5) is 14.4. The smallest absolute Gasteiger partial charge is 0.271 e. The van der Waals surface area contributed by atoms with Crippen molar-refractivity contribution in [2.75, 3.05) is 0 Å². The van der Waals surface area contributed by atoms with Gasteiger partial charge in [-0.15, -0.1) is 0 Å². The van der Waals surface area contributed by atoms with E-state index in [9.17, 15) is 10.1 Å². The minimum absolute atomic E-state index is 0.132. The third-order valence-corrected chi connectivity index (χ3v) is 2.18. The first-order valence-electron chi connectivity index (χ1n) is 4.19. The van der Waals surface area contributed by atoms with Crippen molar-refractivity contribution in [3.63, 3.8) is 0 Å². The van der Waals surface area contributed by atoms with Gasteiger partial charge in [-0.2, -0.15) is 0 Å². The summed E-state index contributed by atoms with van der Waals surface area (Å²) in [5, 5.41) is 12.2. The number of aromatic nitrogens is 1. The number of pyridine rings is 1. The highest BCUT2D eigenvalue weighted by atomic mass is 16.6. The molecule has 68 valence electrons. The Morgan fingerprint density at radius 3 is 2.79 bits per heavy atom.